The predicted molar refractivity (Wildman–Crippen MR) is 68.4 cm³/mol. The van der Waals surface area contributed by atoms with E-state index in [4.69, 9.17) is 5.84 Å². The minimum Gasteiger partial charge on any atom is -0.355 e. The SMILES string of the molecule is CN(Cc1cccnc1)c1cccc(NN)n1. The Morgan fingerprint density at radius 3 is 2.88 bits per heavy atom. The van der Waals surface area contributed by atoms with Crippen LogP contribution in [0.5, 0.6) is 0 Å². The molecule has 88 valence electrons. The van der Waals surface area contributed by atoms with Crippen molar-refractivity contribution >= 4 is 11.6 Å². The Bertz CT molecular complexity index is 471. The molecule has 0 aromatic carbocycles. The van der Waals surface area contributed by atoms with Gasteiger partial charge in [0.25, 0.3) is 0 Å². The summed E-state index contributed by atoms with van der Waals surface area (Å²) in [4.78, 5) is 10.5. The molecule has 0 radical (unpaired) electrons. The van der Waals surface area contributed by atoms with Crippen LogP contribution in [0.15, 0.2) is 42.7 Å². The van der Waals surface area contributed by atoms with Crippen LogP contribution in [-0.4, -0.2) is 17.0 Å². The molecule has 0 bridgehead atoms. The van der Waals surface area contributed by atoms with E-state index in [2.05, 4.69) is 15.4 Å². The topological polar surface area (TPSA) is 67.1 Å². The summed E-state index contributed by atoms with van der Waals surface area (Å²) >= 11 is 0. The second-order valence-corrected chi connectivity index (χ2v) is 3.74. The standard InChI is InChI=1S/C12H15N5/c1-17(9-10-4-3-7-14-8-10)12-6-2-5-11(15-12)16-13/h2-8H,9,13H2,1H3,(H,15,16). The number of hydrazine groups is 1. The molecule has 5 heteroatoms. The van der Waals surface area contributed by atoms with E-state index in [-0.39, 0.29) is 0 Å². The van der Waals surface area contributed by atoms with Gasteiger partial charge in [0, 0.05) is 26.0 Å². The molecular formula is C12H15N5. The summed E-state index contributed by atoms with van der Waals surface area (Å²) in [5, 5.41) is 0. The highest BCUT2D eigenvalue weighted by Crippen LogP contribution is 2.14. The number of nitrogens with one attached hydrogen (secondary N) is 1. The number of pyridine rings is 2. The molecule has 0 amide bonds. The Labute approximate surface area is 100 Å². The van der Waals surface area contributed by atoms with Crippen LogP contribution in [0.3, 0.4) is 0 Å². The molecule has 0 saturated carbocycles. The largest absolute Gasteiger partial charge is 0.355 e. The van der Waals surface area contributed by atoms with Gasteiger partial charge in [-0.2, -0.15) is 0 Å². The predicted octanol–water partition coefficient (Wildman–Crippen LogP) is 1.40. The maximum absolute atomic E-state index is 5.33. The first-order chi connectivity index (χ1) is 8.29. The highest BCUT2D eigenvalue weighted by atomic mass is 15.3. The second-order valence-electron chi connectivity index (χ2n) is 3.74. The minimum atomic E-state index is 0.653. The lowest BCUT2D eigenvalue weighted by Gasteiger charge is -2.18. The molecular weight excluding hydrogens is 214 g/mol. The van der Waals surface area contributed by atoms with Crippen LogP contribution < -0.4 is 16.2 Å². The van der Waals surface area contributed by atoms with E-state index in [1.54, 1.807) is 6.20 Å². The molecule has 0 fully saturated rings. The summed E-state index contributed by atoms with van der Waals surface area (Å²) in [5.74, 6) is 6.85. The molecule has 2 heterocycles. The highest BCUT2D eigenvalue weighted by Gasteiger charge is 2.04. The lowest BCUT2D eigenvalue weighted by atomic mass is 10.2. The minimum absolute atomic E-state index is 0.653. The average molecular weight is 229 g/mol. The van der Waals surface area contributed by atoms with Gasteiger partial charge < -0.3 is 10.3 Å². The van der Waals surface area contributed by atoms with Crippen molar-refractivity contribution in [2.75, 3.05) is 17.4 Å². The van der Waals surface area contributed by atoms with Gasteiger partial charge in [-0.05, 0) is 23.8 Å². The normalized spacial score (nSPS) is 10.0. The van der Waals surface area contributed by atoms with Crippen LogP contribution in [0.1, 0.15) is 5.56 Å². The lowest BCUT2D eigenvalue weighted by Crippen LogP contribution is -2.18. The van der Waals surface area contributed by atoms with Gasteiger partial charge in [-0.15, -0.1) is 0 Å². The van der Waals surface area contributed by atoms with Gasteiger partial charge in [0.15, 0.2) is 0 Å². The van der Waals surface area contributed by atoms with Crippen molar-refractivity contribution < 1.29 is 0 Å². The summed E-state index contributed by atoms with van der Waals surface area (Å²) in [6.45, 7) is 0.759. The molecule has 0 saturated heterocycles. The second kappa shape index (κ2) is 5.27. The van der Waals surface area contributed by atoms with Gasteiger partial charge in [-0.25, -0.2) is 10.8 Å². The van der Waals surface area contributed by atoms with E-state index in [1.165, 1.54) is 0 Å². The van der Waals surface area contributed by atoms with E-state index >= 15 is 0 Å². The van der Waals surface area contributed by atoms with Gasteiger partial charge in [-0.3, -0.25) is 4.98 Å². The highest BCUT2D eigenvalue weighted by molar-refractivity contribution is 5.46. The molecule has 0 atom stereocenters. The Hall–Kier alpha value is -2.14. The number of nitrogens with two attached hydrogens (primary N) is 1. The maximum Gasteiger partial charge on any atom is 0.142 e. The van der Waals surface area contributed by atoms with E-state index in [0.717, 1.165) is 17.9 Å². The molecule has 2 aromatic rings. The number of nitrogen functional groups attached to an aromatic ring is 1. The van der Waals surface area contributed by atoms with Crippen molar-refractivity contribution in [2.45, 2.75) is 6.54 Å². The van der Waals surface area contributed by atoms with Crippen LogP contribution >= 0.6 is 0 Å². The zero-order chi connectivity index (χ0) is 12.1. The lowest BCUT2D eigenvalue weighted by molar-refractivity contribution is 0.892. The van der Waals surface area contributed by atoms with Crippen molar-refractivity contribution in [3.05, 3.63) is 48.3 Å². The van der Waals surface area contributed by atoms with Gasteiger partial charge in [0.1, 0.15) is 11.6 Å². The van der Waals surface area contributed by atoms with Gasteiger partial charge in [-0.1, -0.05) is 12.1 Å². The third-order valence-corrected chi connectivity index (χ3v) is 2.42. The molecule has 2 rings (SSSR count). The molecule has 0 aliphatic rings. The molecule has 0 spiro atoms. The summed E-state index contributed by atoms with van der Waals surface area (Å²) in [6, 6.07) is 9.64. The molecule has 17 heavy (non-hydrogen) atoms. The van der Waals surface area contributed by atoms with Crippen molar-refractivity contribution in [1.29, 1.82) is 0 Å². The van der Waals surface area contributed by atoms with Crippen molar-refractivity contribution in [2.24, 2.45) is 5.84 Å². The molecule has 0 aliphatic carbocycles. The Morgan fingerprint density at radius 1 is 1.29 bits per heavy atom. The first kappa shape index (κ1) is 11.3. The first-order valence-electron chi connectivity index (χ1n) is 5.33. The fraction of sp³-hybridized carbons (Fsp3) is 0.167. The van der Waals surface area contributed by atoms with Gasteiger partial charge in [0.05, 0.1) is 0 Å². The van der Waals surface area contributed by atoms with Crippen LogP contribution in [0.2, 0.25) is 0 Å². The number of hydrogen-bond donors (Lipinski definition) is 2. The molecule has 0 unspecified atom stereocenters. The summed E-state index contributed by atoms with van der Waals surface area (Å²) in [5.41, 5.74) is 3.68. The molecule has 2 aromatic heterocycles. The van der Waals surface area contributed by atoms with Crippen molar-refractivity contribution in [3.8, 4) is 0 Å². The quantitative estimate of drug-likeness (QED) is 0.612. The van der Waals surface area contributed by atoms with E-state index < -0.39 is 0 Å². The third kappa shape index (κ3) is 2.92. The Kier molecular flexibility index (Phi) is 3.52. The fourth-order valence-electron chi connectivity index (χ4n) is 1.56. The zero-order valence-electron chi connectivity index (χ0n) is 9.67. The average Bonchev–Trinajstić information content (AvgIpc) is 2.40. The Morgan fingerprint density at radius 2 is 2.18 bits per heavy atom. The van der Waals surface area contributed by atoms with Crippen LogP contribution in [0, 0.1) is 0 Å². The monoisotopic (exact) mass is 229 g/mol. The summed E-state index contributed by atoms with van der Waals surface area (Å²) in [7, 11) is 1.98. The number of hydrogen-bond acceptors (Lipinski definition) is 5. The van der Waals surface area contributed by atoms with Crippen molar-refractivity contribution in [1.82, 2.24) is 9.97 Å². The van der Waals surface area contributed by atoms with Crippen molar-refractivity contribution in [3.63, 3.8) is 0 Å². The van der Waals surface area contributed by atoms with E-state index in [9.17, 15) is 0 Å². The number of nitrogens with zero attached hydrogens (tertiary/aromatic N) is 3. The van der Waals surface area contributed by atoms with Gasteiger partial charge >= 0.3 is 0 Å². The smallest absolute Gasteiger partial charge is 0.142 e. The zero-order valence-corrected chi connectivity index (χ0v) is 9.67. The van der Waals surface area contributed by atoms with Gasteiger partial charge in [0.2, 0.25) is 0 Å². The van der Waals surface area contributed by atoms with E-state index in [1.807, 2.05) is 48.5 Å². The summed E-state index contributed by atoms with van der Waals surface area (Å²) in [6.07, 6.45) is 3.61. The summed E-state index contributed by atoms with van der Waals surface area (Å²) < 4.78 is 0. The molecule has 0 aliphatic heterocycles. The van der Waals surface area contributed by atoms with Crippen LogP contribution in [0.4, 0.5) is 11.6 Å². The number of rotatable bonds is 4. The Balaban J connectivity index is 2.11. The van der Waals surface area contributed by atoms with Crippen LogP contribution in [0.25, 0.3) is 0 Å². The third-order valence-electron chi connectivity index (χ3n) is 2.42. The maximum atomic E-state index is 5.33. The molecule has 3 N–H and O–H groups in total. The molecule has 5 nitrogen and oxygen atoms in total. The van der Waals surface area contributed by atoms with Crippen LogP contribution in [-0.2, 0) is 6.54 Å². The fourth-order valence-corrected chi connectivity index (χ4v) is 1.56. The number of aromatic nitrogens is 2. The van der Waals surface area contributed by atoms with E-state index in [0.29, 0.717) is 5.82 Å². The number of anilines is 2. The first-order valence-corrected chi connectivity index (χ1v) is 5.33.